The quantitative estimate of drug-likeness (QED) is 0.113. The third kappa shape index (κ3) is 10.7. The molecular formula is C20H22N8NiO10. The molecule has 0 saturated heterocycles. The number of nitrogens with zero attached hydrogens (tertiary/aromatic N) is 6. The number of aliphatic imine (C=N–C) groups is 2. The zero-order valence-electron chi connectivity index (χ0n) is 19.9. The summed E-state index contributed by atoms with van der Waals surface area (Å²) < 4.78 is 0. The van der Waals surface area contributed by atoms with Gasteiger partial charge in [0.25, 0.3) is 22.7 Å². The minimum Gasteiger partial charge on any atom is -0.867 e. The smallest absolute Gasteiger partial charge is 0.867 e. The van der Waals surface area contributed by atoms with Gasteiger partial charge in [-0.15, -0.1) is 0 Å². The Labute approximate surface area is 229 Å². The second kappa shape index (κ2) is 17.0. The van der Waals surface area contributed by atoms with Gasteiger partial charge in [-0.1, -0.05) is 0 Å². The summed E-state index contributed by atoms with van der Waals surface area (Å²) in [6, 6.07) is 3.20. The minimum absolute atomic E-state index is 0. The van der Waals surface area contributed by atoms with Gasteiger partial charge in [-0.25, -0.2) is 0 Å². The van der Waals surface area contributed by atoms with Gasteiger partial charge in [0.2, 0.25) is 0 Å². The van der Waals surface area contributed by atoms with Gasteiger partial charge in [-0.05, 0) is 48.6 Å². The van der Waals surface area contributed by atoms with Crippen LogP contribution in [0.5, 0.6) is 11.5 Å². The Hall–Kier alpha value is -4.61. The fraction of sp³-hybridized carbons (Fsp3) is 0.300. The molecule has 0 aliphatic heterocycles. The van der Waals surface area contributed by atoms with Crippen LogP contribution in [-0.4, -0.2) is 58.3 Å². The van der Waals surface area contributed by atoms with E-state index in [-0.39, 0.29) is 27.6 Å². The number of nitrogens with two attached hydrogens (primary N) is 2. The Bertz CT molecular complexity index is 1160. The largest absolute Gasteiger partial charge is 2.00 e. The number of hydrogen-bond donors (Lipinski definition) is 2. The van der Waals surface area contributed by atoms with Crippen molar-refractivity contribution in [1.82, 2.24) is 0 Å². The predicted octanol–water partition coefficient (Wildman–Crippen LogP) is 0.686. The van der Waals surface area contributed by atoms with Crippen LogP contribution in [-0.2, 0) is 16.5 Å². The maximum Gasteiger partial charge on any atom is 2.00 e. The first kappa shape index (κ1) is 34.4. The monoisotopic (exact) mass is 592 g/mol. The molecule has 0 bridgehead atoms. The van der Waals surface area contributed by atoms with Crippen molar-refractivity contribution in [2.45, 2.75) is 12.8 Å². The van der Waals surface area contributed by atoms with E-state index in [1.165, 1.54) is 0 Å². The summed E-state index contributed by atoms with van der Waals surface area (Å²) in [6.07, 6.45) is 3.36. The molecule has 2 aromatic rings. The molecule has 0 unspecified atom stereocenters. The molecule has 4 N–H and O–H groups in total. The third-order valence-corrected chi connectivity index (χ3v) is 4.42. The maximum atomic E-state index is 11.7. The van der Waals surface area contributed by atoms with E-state index >= 15 is 0 Å². The van der Waals surface area contributed by atoms with Crippen molar-refractivity contribution in [3.05, 3.63) is 75.8 Å². The number of nitro groups is 4. The van der Waals surface area contributed by atoms with Gasteiger partial charge < -0.3 is 21.7 Å². The summed E-state index contributed by atoms with van der Waals surface area (Å²) in [6.45, 7) is 1.51. The average Bonchev–Trinajstić information content (AvgIpc) is 2.85. The first-order valence-corrected chi connectivity index (χ1v) is 10.6. The molecule has 19 heteroatoms. The number of rotatable bonds is 12. The minimum atomic E-state index is -0.952. The van der Waals surface area contributed by atoms with Gasteiger partial charge >= 0.3 is 16.5 Å². The Kier molecular flexibility index (Phi) is 15.0. The maximum absolute atomic E-state index is 11.7. The van der Waals surface area contributed by atoms with Crippen molar-refractivity contribution < 1.29 is 46.4 Å². The van der Waals surface area contributed by atoms with Crippen molar-refractivity contribution >= 4 is 35.2 Å². The summed E-state index contributed by atoms with van der Waals surface area (Å²) in [7, 11) is 0. The van der Waals surface area contributed by atoms with Gasteiger partial charge in [0.1, 0.15) is 0 Å². The zero-order chi connectivity index (χ0) is 28.8. The Morgan fingerprint density at radius 2 is 0.974 bits per heavy atom. The van der Waals surface area contributed by atoms with Crippen LogP contribution in [0.1, 0.15) is 24.0 Å². The van der Waals surface area contributed by atoms with Crippen LogP contribution in [0.4, 0.5) is 22.7 Å². The van der Waals surface area contributed by atoms with Crippen LogP contribution >= 0.6 is 0 Å². The molecule has 2 aromatic carbocycles. The van der Waals surface area contributed by atoms with Crippen molar-refractivity contribution in [3.8, 4) is 11.5 Å². The fourth-order valence-electron chi connectivity index (χ4n) is 2.60. The summed E-state index contributed by atoms with van der Waals surface area (Å²) in [5.74, 6) is -1.79. The second-order valence-electron chi connectivity index (χ2n) is 7.15. The topological polar surface area (TPSA) is 295 Å². The van der Waals surface area contributed by atoms with Gasteiger partial charge in [-0.3, -0.25) is 50.4 Å². The van der Waals surface area contributed by atoms with E-state index in [4.69, 9.17) is 11.5 Å². The molecule has 0 aromatic heterocycles. The number of hydrogen-bond acceptors (Lipinski definition) is 14. The molecule has 0 amide bonds. The molecule has 39 heavy (non-hydrogen) atoms. The van der Waals surface area contributed by atoms with E-state index in [9.17, 15) is 50.7 Å². The van der Waals surface area contributed by atoms with Gasteiger partial charge in [0, 0.05) is 37.7 Å². The summed E-state index contributed by atoms with van der Waals surface area (Å²) >= 11 is 0. The molecule has 0 aliphatic carbocycles. The molecule has 0 aliphatic rings. The van der Waals surface area contributed by atoms with E-state index in [1.54, 1.807) is 0 Å². The number of nitro benzene ring substituents is 4. The normalized spacial score (nSPS) is 10.5. The Morgan fingerprint density at radius 3 is 1.23 bits per heavy atom. The number of benzene rings is 2. The van der Waals surface area contributed by atoms with E-state index in [0.717, 1.165) is 24.6 Å². The van der Waals surface area contributed by atoms with Crippen LogP contribution in [0, 0.1) is 40.5 Å². The predicted molar refractivity (Wildman–Crippen MR) is 131 cm³/mol. The molecule has 212 valence electrons. The SMILES string of the molecule is NCCCN=Cc1cc([N+](=O)[O-])cc([N+](=O)[O-])c1[O-].NCCCN=Cc1cc([N+](=O)[O-])cc([N+](=O)[O-])c1[O-].[Ni+2]. The van der Waals surface area contributed by atoms with Crippen LogP contribution in [0.3, 0.4) is 0 Å². The molecule has 2 rings (SSSR count). The molecule has 0 spiro atoms. The van der Waals surface area contributed by atoms with Crippen LogP contribution in [0.15, 0.2) is 34.3 Å². The molecule has 0 saturated carbocycles. The standard InChI is InChI=1S/2C10H12N4O5.Ni/c2*11-2-1-3-12-6-7-4-8(13(16)17)5-9(10(7)15)14(18)19;/h2*4-6,15H,1-3,11H2;/q;;+2/p-2. The average molecular weight is 593 g/mol. The van der Waals surface area contributed by atoms with Crippen molar-refractivity contribution in [2.24, 2.45) is 21.5 Å². The van der Waals surface area contributed by atoms with Gasteiger partial charge in [-0.2, -0.15) is 0 Å². The third-order valence-electron chi connectivity index (χ3n) is 4.42. The van der Waals surface area contributed by atoms with E-state index in [0.29, 0.717) is 51.2 Å². The Balaban J connectivity index is 0.000000722. The van der Waals surface area contributed by atoms with Gasteiger partial charge in [0.15, 0.2) is 0 Å². The summed E-state index contributed by atoms with van der Waals surface area (Å²) in [5.41, 5.74) is 7.42. The van der Waals surface area contributed by atoms with E-state index in [1.807, 2.05) is 0 Å². The van der Waals surface area contributed by atoms with Crippen LogP contribution < -0.4 is 21.7 Å². The molecule has 0 radical (unpaired) electrons. The molecule has 0 atom stereocenters. The molecule has 0 fully saturated rings. The van der Waals surface area contributed by atoms with Crippen LogP contribution in [0.2, 0.25) is 0 Å². The van der Waals surface area contributed by atoms with Crippen molar-refractivity contribution in [2.75, 3.05) is 26.2 Å². The first-order valence-electron chi connectivity index (χ1n) is 10.6. The fourth-order valence-corrected chi connectivity index (χ4v) is 2.60. The van der Waals surface area contributed by atoms with E-state index in [2.05, 4.69) is 9.98 Å². The van der Waals surface area contributed by atoms with Gasteiger partial charge in [0.05, 0.1) is 31.8 Å². The summed E-state index contributed by atoms with van der Waals surface area (Å²) in [4.78, 5) is 46.7. The number of non-ortho nitro benzene ring substituents is 2. The second-order valence-corrected chi connectivity index (χ2v) is 7.15. The van der Waals surface area contributed by atoms with Crippen LogP contribution in [0.25, 0.3) is 0 Å². The molecule has 0 heterocycles. The van der Waals surface area contributed by atoms with E-state index < -0.39 is 53.9 Å². The first-order chi connectivity index (χ1) is 17.9. The van der Waals surface area contributed by atoms with Crippen molar-refractivity contribution in [3.63, 3.8) is 0 Å². The zero-order valence-corrected chi connectivity index (χ0v) is 20.9. The Morgan fingerprint density at radius 1 is 0.641 bits per heavy atom. The molecule has 18 nitrogen and oxygen atoms in total. The van der Waals surface area contributed by atoms with Crippen molar-refractivity contribution in [1.29, 1.82) is 0 Å². The molecular weight excluding hydrogens is 571 g/mol. The summed E-state index contributed by atoms with van der Waals surface area (Å²) in [5, 5.41) is 65.9.